The molecule has 0 aliphatic carbocycles. The number of aromatic nitrogens is 2. The average Bonchev–Trinajstić information content (AvgIpc) is 2.81. The van der Waals surface area contributed by atoms with Crippen LogP contribution in [0, 0.1) is 19.8 Å². The molecule has 6 heteroatoms. The van der Waals surface area contributed by atoms with Gasteiger partial charge >= 0.3 is 0 Å². The molecule has 1 aromatic heterocycles. The zero-order valence-corrected chi connectivity index (χ0v) is 20.4. The highest BCUT2D eigenvalue weighted by molar-refractivity contribution is 5.79. The van der Waals surface area contributed by atoms with Crippen LogP contribution in [-0.2, 0) is 11.2 Å². The minimum Gasteiger partial charge on any atom is -0.497 e. The maximum Gasteiger partial charge on any atom is 0.225 e. The van der Waals surface area contributed by atoms with Crippen LogP contribution in [-0.4, -0.2) is 54.1 Å². The number of aryl methyl sites for hydroxylation is 2. The summed E-state index contributed by atoms with van der Waals surface area (Å²) < 4.78 is 5.40. The average molecular weight is 439 g/mol. The van der Waals surface area contributed by atoms with E-state index in [-0.39, 0.29) is 5.92 Å². The van der Waals surface area contributed by atoms with Gasteiger partial charge in [0.2, 0.25) is 5.91 Å². The smallest absolute Gasteiger partial charge is 0.225 e. The lowest BCUT2D eigenvalue weighted by Gasteiger charge is -2.38. The van der Waals surface area contributed by atoms with E-state index in [9.17, 15) is 4.79 Å². The highest BCUT2D eigenvalue weighted by Gasteiger charge is 2.28. The Morgan fingerprint density at radius 1 is 1.12 bits per heavy atom. The van der Waals surface area contributed by atoms with Crippen molar-refractivity contribution in [2.45, 2.75) is 59.8 Å². The first kappa shape index (κ1) is 24.0. The van der Waals surface area contributed by atoms with Crippen molar-refractivity contribution in [3.05, 3.63) is 46.9 Å². The van der Waals surface area contributed by atoms with E-state index in [2.05, 4.69) is 47.7 Å². The Morgan fingerprint density at radius 3 is 2.53 bits per heavy atom. The summed E-state index contributed by atoms with van der Waals surface area (Å²) in [6.45, 7) is 11.4. The second-order valence-electron chi connectivity index (χ2n) is 8.75. The van der Waals surface area contributed by atoms with Crippen LogP contribution in [0.2, 0.25) is 0 Å². The second kappa shape index (κ2) is 11.3. The second-order valence-corrected chi connectivity index (χ2v) is 8.75. The lowest BCUT2D eigenvalue weighted by molar-refractivity contribution is -0.136. The van der Waals surface area contributed by atoms with Crippen molar-refractivity contribution < 1.29 is 9.53 Å². The molecule has 1 aromatic carbocycles. The van der Waals surface area contributed by atoms with Crippen molar-refractivity contribution in [2.24, 2.45) is 5.92 Å². The predicted molar refractivity (Wildman–Crippen MR) is 129 cm³/mol. The number of hydrogen-bond acceptors (Lipinski definition) is 5. The maximum atomic E-state index is 13.0. The molecular formula is C26H38N4O2. The van der Waals surface area contributed by atoms with Crippen LogP contribution in [0.4, 0.5) is 5.82 Å². The van der Waals surface area contributed by atoms with Crippen molar-refractivity contribution in [3.8, 4) is 5.75 Å². The van der Waals surface area contributed by atoms with Crippen molar-refractivity contribution in [1.29, 1.82) is 0 Å². The van der Waals surface area contributed by atoms with E-state index >= 15 is 0 Å². The number of carbonyl (C=O) groups is 1. The third kappa shape index (κ3) is 5.78. The number of unbranched alkanes of at least 4 members (excludes halogenated alkanes) is 1. The molecule has 2 heterocycles. The third-order valence-electron chi connectivity index (χ3n) is 6.46. The molecule has 1 amide bonds. The zero-order chi connectivity index (χ0) is 23.1. The molecule has 1 aliphatic rings. The van der Waals surface area contributed by atoms with Crippen molar-refractivity contribution in [3.63, 3.8) is 0 Å². The minimum absolute atomic E-state index is 0.161. The summed E-state index contributed by atoms with van der Waals surface area (Å²) in [6.07, 6.45) is 4.94. The summed E-state index contributed by atoms with van der Waals surface area (Å²) in [5, 5.41) is 0. The van der Waals surface area contributed by atoms with Crippen molar-refractivity contribution in [2.75, 3.05) is 38.2 Å². The SMILES string of the molecule is CCCC[C@H](CC)C(=O)N1CCN(c2nc(C)nc(C)c2Cc2cccc(OC)c2)CC1. The van der Waals surface area contributed by atoms with Gasteiger partial charge in [-0.1, -0.05) is 38.8 Å². The summed E-state index contributed by atoms with van der Waals surface area (Å²) in [7, 11) is 1.69. The zero-order valence-electron chi connectivity index (χ0n) is 20.4. The van der Waals surface area contributed by atoms with E-state index in [1.807, 2.05) is 19.1 Å². The molecule has 0 bridgehead atoms. The van der Waals surface area contributed by atoms with Crippen LogP contribution in [0.1, 0.15) is 62.2 Å². The van der Waals surface area contributed by atoms with Gasteiger partial charge in [-0.2, -0.15) is 0 Å². The highest BCUT2D eigenvalue weighted by Crippen LogP contribution is 2.27. The van der Waals surface area contributed by atoms with E-state index in [0.29, 0.717) is 5.91 Å². The van der Waals surface area contributed by atoms with Gasteiger partial charge in [-0.15, -0.1) is 0 Å². The van der Waals surface area contributed by atoms with Gasteiger partial charge in [0.05, 0.1) is 7.11 Å². The lowest BCUT2D eigenvalue weighted by atomic mass is 9.97. The first-order valence-electron chi connectivity index (χ1n) is 12.0. The summed E-state index contributed by atoms with van der Waals surface area (Å²) >= 11 is 0. The lowest BCUT2D eigenvalue weighted by Crippen LogP contribution is -2.51. The molecular weight excluding hydrogens is 400 g/mol. The number of nitrogens with zero attached hydrogens (tertiary/aromatic N) is 4. The molecule has 32 heavy (non-hydrogen) atoms. The van der Waals surface area contributed by atoms with Gasteiger partial charge in [-0.05, 0) is 44.4 Å². The minimum atomic E-state index is 0.161. The third-order valence-corrected chi connectivity index (χ3v) is 6.46. The molecule has 1 atom stereocenters. The van der Waals surface area contributed by atoms with Gasteiger partial charge in [0.15, 0.2) is 0 Å². The number of amides is 1. The van der Waals surface area contributed by atoms with Crippen LogP contribution >= 0.6 is 0 Å². The first-order valence-corrected chi connectivity index (χ1v) is 12.0. The number of benzene rings is 1. The van der Waals surface area contributed by atoms with Gasteiger partial charge in [-0.25, -0.2) is 9.97 Å². The summed E-state index contributed by atoms with van der Waals surface area (Å²) in [5.74, 6) is 3.13. The number of methoxy groups -OCH3 is 1. The number of rotatable bonds is 9. The fourth-order valence-electron chi connectivity index (χ4n) is 4.52. The Morgan fingerprint density at radius 2 is 1.88 bits per heavy atom. The number of piperazine rings is 1. The molecule has 0 radical (unpaired) electrons. The van der Waals surface area contributed by atoms with Gasteiger partial charge in [0, 0.05) is 49.8 Å². The molecule has 0 spiro atoms. The summed E-state index contributed by atoms with van der Waals surface area (Å²) in [6, 6.07) is 8.17. The van der Waals surface area contributed by atoms with E-state index in [4.69, 9.17) is 9.72 Å². The largest absolute Gasteiger partial charge is 0.497 e. The van der Waals surface area contributed by atoms with Crippen LogP contribution in [0.15, 0.2) is 24.3 Å². The normalized spacial score (nSPS) is 15.0. The number of hydrogen-bond donors (Lipinski definition) is 0. The molecule has 174 valence electrons. The van der Waals surface area contributed by atoms with Crippen molar-refractivity contribution >= 4 is 11.7 Å². The van der Waals surface area contributed by atoms with Gasteiger partial charge in [0.1, 0.15) is 17.4 Å². The predicted octanol–water partition coefficient (Wildman–Crippen LogP) is 4.56. The van der Waals surface area contributed by atoms with E-state index in [1.54, 1.807) is 7.11 Å². The Kier molecular flexibility index (Phi) is 8.48. The number of carbonyl (C=O) groups excluding carboxylic acids is 1. The fraction of sp³-hybridized carbons (Fsp3) is 0.577. The van der Waals surface area contributed by atoms with Crippen LogP contribution < -0.4 is 9.64 Å². The Hall–Kier alpha value is -2.63. The molecule has 6 nitrogen and oxygen atoms in total. The van der Waals surface area contributed by atoms with Crippen LogP contribution in [0.3, 0.4) is 0 Å². The molecule has 0 unspecified atom stereocenters. The molecule has 3 rings (SSSR count). The number of anilines is 1. The van der Waals surface area contributed by atoms with Crippen molar-refractivity contribution in [1.82, 2.24) is 14.9 Å². The topological polar surface area (TPSA) is 58.6 Å². The molecule has 2 aromatic rings. The number of ether oxygens (including phenoxy) is 1. The maximum absolute atomic E-state index is 13.0. The van der Waals surface area contributed by atoms with Gasteiger partial charge in [0.25, 0.3) is 0 Å². The van der Waals surface area contributed by atoms with Crippen LogP contribution in [0.25, 0.3) is 0 Å². The molecule has 1 saturated heterocycles. The van der Waals surface area contributed by atoms with E-state index < -0.39 is 0 Å². The standard InChI is InChI=1S/C26H38N4O2/c1-6-8-11-22(7-2)26(31)30-15-13-29(14-16-30)25-24(19(3)27-20(4)28-25)18-21-10-9-12-23(17-21)32-5/h9-10,12,17,22H,6-8,11,13-16,18H2,1-5H3/t22-/m0/s1. The molecule has 0 saturated carbocycles. The summed E-state index contributed by atoms with van der Waals surface area (Å²) in [4.78, 5) is 26.9. The molecule has 1 fully saturated rings. The fourth-order valence-corrected chi connectivity index (χ4v) is 4.52. The Balaban J connectivity index is 1.75. The van der Waals surface area contributed by atoms with E-state index in [0.717, 1.165) is 86.9 Å². The molecule has 0 N–H and O–H groups in total. The van der Waals surface area contributed by atoms with Gasteiger partial charge < -0.3 is 14.5 Å². The Labute approximate surface area is 193 Å². The highest BCUT2D eigenvalue weighted by atomic mass is 16.5. The first-order chi connectivity index (χ1) is 15.5. The molecule has 1 aliphatic heterocycles. The quantitative estimate of drug-likeness (QED) is 0.574. The van der Waals surface area contributed by atoms with E-state index in [1.165, 1.54) is 5.56 Å². The van der Waals surface area contributed by atoms with Gasteiger partial charge in [-0.3, -0.25) is 4.79 Å². The summed E-state index contributed by atoms with van der Waals surface area (Å²) in [5.41, 5.74) is 3.34. The monoisotopic (exact) mass is 438 g/mol. The van der Waals surface area contributed by atoms with Crippen LogP contribution in [0.5, 0.6) is 5.75 Å². The Bertz CT molecular complexity index is 907.